The Morgan fingerprint density at radius 1 is 1.40 bits per heavy atom. The van der Waals surface area contributed by atoms with E-state index < -0.39 is 0 Å². The molecule has 3 heteroatoms. The maximum Gasteiger partial charge on any atom is 0.0477 e. The molecule has 0 bridgehead atoms. The molecule has 0 amide bonds. The van der Waals surface area contributed by atoms with Gasteiger partial charge in [-0.25, -0.2) is 0 Å². The highest BCUT2D eigenvalue weighted by Crippen LogP contribution is 2.15. The van der Waals surface area contributed by atoms with Crippen molar-refractivity contribution in [2.75, 3.05) is 26.8 Å². The van der Waals surface area contributed by atoms with Crippen molar-refractivity contribution in [2.24, 2.45) is 0 Å². The number of hydrogen-bond donors (Lipinski definition) is 1. The minimum Gasteiger partial charge on any atom is -0.385 e. The second-order valence-electron chi connectivity index (χ2n) is 4.93. The van der Waals surface area contributed by atoms with Crippen LogP contribution in [0, 0.1) is 0 Å². The van der Waals surface area contributed by atoms with Gasteiger partial charge in [0, 0.05) is 44.9 Å². The van der Waals surface area contributed by atoms with Crippen LogP contribution in [0.2, 0.25) is 0 Å². The zero-order chi connectivity index (χ0) is 11.3. The van der Waals surface area contributed by atoms with Crippen molar-refractivity contribution in [3.05, 3.63) is 0 Å². The largest absolute Gasteiger partial charge is 0.385 e. The van der Waals surface area contributed by atoms with E-state index in [-0.39, 0.29) is 0 Å². The molecular weight excluding hydrogens is 188 g/mol. The number of hydrogen-bond acceptors (Lipinski definition) is 3. The van der Waals surface area contributed by atoms with Gasteiger partial charge in [-0.2, -0.15) is 0 Å². The first kappa shape index (κ1) is 12.9. The van der Waals surface area contributed by atoms with Gasteiger partial charge in [-0.3, -0.25) is 4.90 Å². The number of ether oxygens (including phenoxy) is 1. The standard InChI is InChI=1S/C12H26N2O/c1-10(2)13-12-5-7-14(9-12)11(3)6-8-15-4/h10-13H,5-9H2,1-4H3. The highest BCUT2D eigenvalue weighted by Gasteiger charge is 2.25. The van der Waals surface area contributed by atoms with E-state index in [9.17, 15) is 0 Å². The van der Waals surface area contributed by atoms with Gasteiger partial charge in [-0.05, 0) is 19.8 Å². The molecule has 3 nitrogen and oxygen atoms in total. The van der Waals surface area contributed by atoms with E-state index in [1.165, 1.54) is 19.5 Å². The third-order valence-corrected chi connectivity index (χ3v) is 3.15. The predicted molar refractivity (Wildman–Crippen MR) is 64.2 cm³/mol. The summed E-state index contributed by atoms with van der Waals surface area (Å²) in [4.78, 5) is 2.57. The zero-order valence-electron chi connectivity index (χ0n) is 10.6. The monoisotopic (exact) mass is 214 g/mol. The molecule has 0 aromatic carbocycles. The van der Waals surface area contributed by atoms with Gasteiger partial charge < -0.3 is 10.1 Å². The molecule has 2 atom stereocenters. The Hall–Kier alpha value is -0.120. The molecule has 1 heterocycles. The van der Waals surface area contributed by atoms with E-state index in [1.807, 2.05) is 0 Å². The van der Waals surface area contributed by atoms with Crippen molar-refractivity contribution in [3.63, 3.8) is 0 Å². The van der Waals surface area contributed by atoms with Crippen LogP contribution in [0.25, 0.3) is 0 Å². The number of methoxy groups -OCH3 is 1. The number of nitrogens with zero attached hydrogens (tertiary/aromatic N) is 1. The summed E-state index contributed by atoms with van der Waals surface area (Å²) in [5, 5.41) is 3.61. The molecule has 0 aliphatic carbocycles. The summed E-state index contributed by atoms with van der Waals surface area (Å²) in [5.41, 5.74) is 0. The molecule has 1 fully saturated rings. The first-order valence-corrected chi connectivity index (χ1v) is 6.12. The van der Waals surface area contributed by atoms with Gasteiger partial charge in [0.05, 0.1) is 0 Å². The Morgan fingerprint density at radius 3 is 2.73 bits per heavy atom. The van der Waals surface area contributed by atoms with Gasteiger partial charge >= 0.3 is 0 Å². The molecule has 0 aromatic heterocycles. The molecule has 0 saturated carbocycles. The van der Waals surface area contributed by atoms with Crippen LogP contribution in [0.4, 0.5) is 0 Å². The van der Waals surface area contributed by atoms with E-state index in [0.29, 0.717) is 18.1 Å². The highest BCUT2D eigenvalue weighted by molar-refractivity contribution is 4.84. The van der Waals surface area contributed by atoms with Gasteiger partial charge in [0.25, 0.3) is 0 Å². The van der Waals surface area contributed by atoms with Crippen molar-refractivity contribution < 1.29 is 4.74 Å². The summed E-state index contributed by atoms with van der Waals surface area (Å²) in [7, 11) is 1.78. The molecule has 0 spiro atoms. The van der Waals surface area contributed by atoms with Gasteiger partial charge in [0.2, 0.25) is 0 Å². The average Bonchev–Trinajstić information content (AvgIpc) is 2.61. The van der Waals surface area contributed by atoms with E-state index in [2.05, 4.69) is 31.0 Å². The van der Waals surface area contributed by atoms with Gasteiger partial charge in [-0.1, -0.05) is 13.8 Å². The molecule has 15 heavy (non-hydrogen) atoms. The lowest BCUT2D eigenvalue weighted by atomic mass is 10.2. The van der Waals surface area contributed by atoms with E-state index in [4.69, 9.17) is 4.74 Å². The Kier molecular flexibility index (Phi) is 5.58. The lowest BCUT2D eigenvalue weighted by molar-refractivity contribution is 0.151. The van der Waals surface area contributed by atoms with E-state index >= 15 is 0 Å². The zero-order valence-corrected chi connectivity index (χ0v) is 10.6. The maximum atomic E-state index is 5.12. The normalized spacial score (nSPS) is 25.0. The molecule has 90 valence electrons. The molecule has 1 aliphatic heterocycles. The van der Waals surface area contributed by atoms with Gasteiger partial charge in [-0.15, -0.1) is 0 Å². The number of rotatable bonds is 6. The molecule has 0 radical (unpaired) electrons. The van der Waals surface area contributed by atoms with Crippen LogP contribution in [-0.2, 0) is 4.74 Å². The molecule has 0 aromatic rings. The van der Waals surface area contributed by atoms with Gasteiger partial charge in [0.15, 0.2) is 0 Å². The summed E-state index contributed by atoms with van der Waals surface area (Å²) >= 11 is 0. The Bertz CT molecular complexity index is 173. The van der Waals surface area contributed by atoms with E-state index in [1.54, 1.807) is 7.11 Å². The van der Waals surface area contributed by atoms with Crippen LogP contribution in [0.5, 0.6) is 0 Å². The number of likely N-dealkylation sites (tertiary alicyclic amines) is 1. The Balaban J connectivity index is 2.22. The third-order valence-electron chi connectivity index (χ3n) is 3.15. The molecule has 1 rings (SSSR count). The Morgan fingerprint density at radius 2 is 2.13 bits per heavy atom. The lowest BCUT2D eigenvalue weighted by Gasteiger charge is -2.24. The fourth-order valence-corrected chi connectivity index (χ4v) is 2.27. The maximum absolute atomic E-state index is 5.12. The second-order valence-corrected chi connectivity index (χ2v) is 4.93. The van der Waals surface area contributed by atoms with Crippen LogP contribution in [0.1, 0.15) is 33.6 Å². The highest BCUT2D eigenvalue weighted by atomic mass is 16.5. The Labute approximate surface area is 94.2 Å². The van der Waals surface area contributed by atoms with Crippen LogP contribution in [0.15, 0.2) is 0 Å². The minimum atomic E-state index is 0.601. The fraction of sp³-hybridized carbons (Fsp3) is 1.00. The van der Waals surface area contributed by atoms with Crippen LogP contribution < -0.4 is 5.32 Å². The van der Waals surface area contributed by atoms with Crippen LogP contribution >= 0.6 is 0 Å². The van der Waals surface area contributed by atoms with Crippen molar-refractivity contribution in [1.29, 1.82) is 0 Å². The summed E-state index contributed by atoms with van der Waals surface area (Å²) in [6.07, 6.45) is 2.43. The topological polar surface area (TPSA) is 24.5 Å². The molecule has 2 unspecified atom stereocenters. The summed E-state index contributed by atoms with van der Waals surface area (Å²) in [6.45, 7) is 10.0. The lowest BCUT2D eigenvalue weighted by Crippen LogP contribution is -2.39. The average molecular weight is 214 g/mol. The van der Waals surface area contributed by atoms with Crippen molar-refractivity contribution >= 4 is 0 Å². The fourth-order valence-electron chi connectivity index (χ4n) is 2.27. The minimum absolute atomic E-state index is 0.601. The molecule has 1 aliphatic rings. The third kappa shape index (κ3) is 4.49. The molecule has 1 saturated heterocycles. The number of nitrogens with one attached hydrogen (secondary N) is 1. The summed E-state index contributed by atoms with van der Waals surface area (Å²) in [5.74, 6) is 0. The van der Waals surface area contributed by atoms with Gasteiger partial charge in [0.1, 0.15) is 0 Å². The summed E-state index contributed by atoms with van der Waals surface area (Å²) in [6, 6.07) is 1.95. The van der Waals surface area contributed by atoms with Crippen LogP contribution in [0.3, 0.4) is 0 Å². The van der Waals surface area contributed by atoms with Crippen molar-refractivity contribution in [2.45, 2.75) is 51.7 Å². The molecule has 1 N–H and O–H groups in total. The second kappa shape index (κ2) is 6.46. The van der Waals surface area contributed by atoms with Crippen molar-refractivity contribution in [3.8, 4) is 0 Å². The first-order valence-electron chi connectivity index (χ1n) is 6.12. The van der Waals surface area contributed by atoms with Crippen molar-refractivity contribution in [1.82, 2.24) is 10.2 Å². The predicted octanol–water partition coefficient (Wildman–Crippen LogP) is 1.48. The smallest absolute Gasteiger partial charge is 0.0477 e. The summed E-state index contributed by atoms with van der Waals surface area (Å²) < 4.78 is 5.12. The van der Waals surface area contributed by atoms with E-state index in [0.717, 1.165) is 13.0 Å². The van der Waals surface area contributed by atoms with Crippen LogP contribution in [-0.4, -0.2) is 49.8 Å². The quantitative estimate of drug-likeness (QED) is 0.725. The molecular formula is C12H26N2O. The SMILES string of the molecule is COCCC(C)N1CCC(NC(C)C)C1. The first-order chi connectivity index (χ1) is 7.13.